The fraction of sp³-hybridized carbons (Fsp3) is 0.188. The van der Waals surface area contributed by atoms with Gasteiger partial charge in [-0.25, -0.2) is 0 Å². The summed E-state index contributed by atoms with van der Waals surface area (Å²) in [4.78, 5) is 22.4. The third-order valence-electron chi connectivity index (χ3n) is 8.51. The molecule has 7 rings (SSSR count). The number of nitrogens with zero attached hydrogens (tertiary/aromatic N) is 2. The second-order valence-electron chi connectivity index (χ2n) is 9.85. The van der Waals surface area contributed by atoms with Gasteiger partial charge in [0.1, 0.15) is 0 Å². The maximum Gasteiger partial charge on any atom is 0.194 e. The predicted octanol–water partition coefficient (Wildman–Crippen LogP) is 6.27. The molecule has 0 radical (unpaired) electrons. The largest absolute Gasteiger partial charge is 0.364 e. The molecular formula is C32H26N2O2. The highest BCUT2D eigenvalue weighted by atomic mass is 16.5. The molecule has 176 valence electrons. The molecule has 2 aliphatic heterocycles. The van der Waals surface area contributed by atoms with Gasteiger partial charge in [0.25, 0.3) is 0 Å². The number of Topliss-reactive ketones (excluding diaryl/α,β-unsaturated/α-hetero) is 1. The molecule has 1 aliphatic carbocycles. The lowest BCUT2D eigenvalue weighted by molar-refractivity contribution is -0.00547. The average Bonchev–Trinajstić information content (AvgIpc) is 3.49. The van der Waals surface area contributed by atoms with Crippen LogP contribution < -0.4 is 4.90 Å². The van der Waals surface area contributed by atoms with Gasteiger partial charge in [0.15, 0.2) is 16.9 Å². The Hall–Kier alpha value is -4.02. The summed E-state index contributed by atoms with van der Waals surface area (Å²) >= 11 is 0. The second-order valence-corrected chi connectivity index (χ2v) is 9.85. The van der Waals surface area contributed by atoms with Gasteiger partial charge in [0.2, 0.25) is 0 Å². The fourth-order valence-electron chi connectivity index (χ4n) is 7.25. The van der Waals surface area contributed by atoms with Gasteiger partial charge in [-0.3, -0.25) is 9.79 Å². The predicted molar refractivity (Wildman–Crippen MR) is 142 cm³/mol. The van der Waals surface area contributed by atoms with E-state index in [0.717, 1.165) is 39.3 Å². The number of carbonyl (C=O) groups is 1. The van der Waals surface area contributed by atoms with E-state index in [4.69, 9.17) is 9.73 Å². The molecule has 1 spiro atoms. The number of hydrogen-bond acceptors (Lipinski definition) is 4. The van der Waals surface area contributed by atoms with Crippen molar-refractivity contribution in [1.82, 2.24) is 0 Å². The molecule has 1 fully saturated rings. The van der Waals surface area contributed by atoms with Crippen LogP contribution in [-0.2, 0) is 10.3 Å². The molecule has 2 heterocycles. The molecule has 4 nitrogen and oxygen atoms in total. The number of aliphatic imine (C=N–C) groups is 1. The minimum absolute atomic E-state index is 0.0825. The van der Waals surface area contributed by atoms with Gasteiger partial charge in [0, 0.05) is 42.8 Å². The highest BCUT2D eigenvalue weighted by molar-refractivity contribution is 6.24. The molecule has 0 saturated heterocycles. The minimum Gasteiger partial charge on any atom is -0.364 e. The number of rotatable bonds is 3. The van der Waals surface area contributed by atoms with E-state index in [0.29, 0.717) is 0 Å². The van der Waals surface area contributed by atoms with Gasteiger partial charge < -0.3 is 9.64 Å². The van der Waals surface area contributed by atoms with E-state index >= 15 is 0 Å². The average molecular weight is 471 g/mol. The molecule has 0 aromatic heterocycles. The summed E-state index contributed by atoms with van der Waals surface area (Å²) in [5.41, 5.74) is 4.52. The van der Waals surface area contributed by atoms with Crippen molar-refractivity contribution >= 4 is 22.9 Å². The molecule has 4 heteroatoms. The maximum absolute atomic E-state index is 14.9. The van der Waals surface area contributed by atoms with Gasteiger partial charge >= 0.3 is 0 Å². The molecule has 4 aromatic rings. The maximum atomic E-state index is 14.9. The number of methoxy groups -OCH3 is 1. The summed E-state index contributed by atoms with van der Waals surface area (Å²) in [6.45, 7) is 0. The van der Waals surface area contributed by atoms with Crippen molar-refractivity contribution in [2.45, 2.75) is 23.0 Å². The quantitative estimate of drug-likeness (QED) is 0.355. The van der Waals surface area contributed by atoms with Crippen molar-refractivity contribution in [3.63, 3.8) is 0 Å². The number of hydrogen-bond donors (Lipinski definition) is 0. The molecular weight excluding hydrogens is 444 g/mol. The van der Waals surface area contributed by atoms with Crippen LogP contribution in [0.5, 0.6) is 0 Å². The number of carbonyl (C=O) groups excluding carboxylic acids is 1. The normalized spacial score (nSPS) is 27.7. The van der Waals surface area contributed by atoms with Gasteiger partial charge in [-0.05, 0) is 29.3 Å². The van der Waals surface area contributed by atoms with Crippen LogP contribution in [0.2, 0.25) is 0 Å². The van der Waals surface area contributed by atoms with Crippen molar-refractivity contribution in [2.75, 3.05) is 19.1 Å². The van der Waals surface area contributed by atoms with Crippen molar-refractivity contribution in [3.05, 3.63) is 131 Å². The Morgan fingerprint density at radius 2 is 1.39 bits per heavy atom. The molecule has 36 heavy (non-hydrogen) atoms. The van der Waals surface area contributed by atoms with E-state index in [1.807, 2.05) is 61.6 Å². The monoisotopic (exact) mass is 470 g/mol. The molecule has 0 N–H and O–H groups in total. The molecule has 0 unspecified atom stereocenters. The highest BCUT2D eigenvalue weighted by Crippen LogP contribution is 2.69. The molecule has 1 saturated carbocycles. The van der Waals surface area contributed by atoms with Gasteiger partial charge in [-0.2, -0.15) is 0 Å². The first kappa shape index (κ1) is 21.3. The van der Waals surface area contributed by atoms with Crippen LogP contribution in [0.3, 0.4) is 0 Å². The zero-order chi connectivity index (χ0) is 24.5. The number of benzene rings is 4. The summed E-state index contributed by atoms with van der Waals surface area (Å²) < 4.78 is 6.67. The summed E-state index contributed by atoms with van der Waals surface area (Å²) in [6.07, 6.45) is 0. The van der Waals surface area contributed by atoms with Crippen LogP contribution in [0, 0.1) is 0 Å². The van der Waals surface area contributed by atoms with E-state index in [2.05, 4.69) is 59.5 Å². The van der Waals surface area contributed by atoms with E-state index in [-0.39, 0.29) is 17.6 Å². The fourth-order valence-corrected chi connectivity index (χ4v) is 7.25. The Bertz CT molecular complexity index is 1530. The molecule has 0 bridgehead atoms. The Balaban J connectivity index is 1.64. The Labute approximate surface area is 210 Å². The third-order valence-corrected chi connectivity index (χ3v) is 8.51. The summed E-state index contributed by atoms with van der Waals surface area (Å²) in [6, 6.07) is 36.9. The molecule has 0 amide bonds. The first-order valence-corrected chi connectivity index (χ1v) is 12.4. The second kappa shape index (κ2) is 7.49. The number of anilines is 1. The standard InChI is InChI=1S/C32H26N2O2/c1-34-26-20-12-9-17-23(26)30(35)31(34)28(22-15-7-4-8-16-22)27(21-13-5-3-6-14-21)29-32(31,36-2)24-18-10-11-19-25(24)33-29/h3-20,27-28H,1-2H3/t27-,28+,31-,32+/m1/s1. The molecule has 4 atom stereocenters. The topological polar surface area (TPSA) is 41.9 Å². The van der Waals surface area contributed by atoms with Crippen molar-refractivity contribution in [1.29, 1.82) is 0 Å². The van der Waals surface area contributed by atoms with Gasteiger partial charge in [0.05, 0.1) is 11.4 Å². The van der Waals surface area contributed by atoms with Gasteiger partial charge in [-0.1, -0.05) is 91.0 Å². The lowest BCUT2D eigenvalue weighted by Gasteiger charge is -2.48. The van der Waals surface area contributed by atoms with Crippen LogP contribution in [0.1, 0.15) is 38.9 Å². The molecule has 4 aromatic carbocycles. The molecule has 3 aliphatic rings. The van der Waals surface area contributed by atoms with Crippen LogP contribution >= 0.6 is 0 Å². The Kier molecular flexibility index (Phi) is 4.43. The zero-order valence-corrected chi connectivity index (χ0v) is 20.3. The zero-order valence-electron chi connectivity index (χ0n) is 20.3. The SMILES string of the molecule is CO[C@]12C(=Nc3ccccc31)[C@H](c1ccccc1)[C@H](c1ccccc1)[C@@]21C(=O)c2ccccc2N1C. The van der Waals surface area contributed by atoms with Crippen LogP contribution in [0.25, 0.3) is 0 Å². The van der Waals surface area contributed by atoms with Crippen LogP contribution in [-0.4, -0.2) is 31.2 Å². The summed E-state index contributed by atoms with van der Waals surface area (Å²) in [5, 5.41) is 0. The van der Waals surface area contributed by atoms with E-state index in [9.17, 15) is 4.79 Å². The minimum atomic E-state index is -1.06. The number of likely N-dealkylation sites (N-methyl/N-ethyl adjacent to an activating group) is 1. The highest BCUT2D eigenvalue weighted by Gasteiger charge is 2.78. The number of para-hydroxylation sites is 2. The van der Waals surface area contributed by atoms with Crippen molar-refractivity contribution < 1.29 is 9.53 Å². The summed E-state index contributed by atoms with van der Waals surface area (Å²) in [7, 11) is 3.78. The first-order chi connectivity index (χ1) is 17.7. The van der Waals surface area contributed by atoms with E-state index in [1.54, 1.807) is 7.11 Å². The lowest BCUT2D eigenvalue weighted by atomic mass is 9.67. The summed E-state index contributed by atoms with van der Waals surface area (Å²) in [5.74, 6) is -0.293. The van der Waals surface area contributed by atoms with Crippen molar-refractivity contribution in [2.24, 2.45) is 4.99 Å². The number of fused-ring (bicyclic) bond motifs is 5. The first-order valence-electron chi connectivity index (χ1n) is 12.4. The van der Waals surface area contributed by atoms with Crippen molar-refractivity contribution in [3.8, 4) is 0 Å². The van der Waals surface area contributed by atoms with Crippen LogP contribution in [0.15, 0.2) is 114 Å². The number of ether oxygens (including phenoxy) is 1. The Morgan fingerprint density at radius 1 is 0.778 bits per heavy atom. The smallest absolute Gasteiger partial charge is 0.194 e. The number of ketones is 1. The van der Waals surface area contributed by atoms with E-state index in [1.165, 1.54) is 0 Å². The third kappa shape index (κ3) is 2.33. The Morgan fingerprint density at radius 3 is 2.08 bits per heavy atom. The van der Waals surface area contributed by atoms with Crippen LogP contribution in [0.4, 0.5) is 11.4 Å². The van der Waals surface area contributed by atoms with Gasteiger partial charge in [-0.15, -0.1) is 0 Å². The van der Waals surface area contributed by atoms with E-state index < -0.39 is 11.1 Å². The lowest BCUT2D eigenvalue weighted by Crippen LogP contribution is -2.65.